The van der Waals surface area contributed by atoms with Crippen molar-refractivity contribution in [2.75, 3.05) is 17.8 Å². The number of nitrogens with zero attached hydrogens (tertiary/aromatic N) is 3. The van der Waals surface area contributed by atoms with Crippen molar-refractivity contribution in [2.24, 2.45) is 0 Å². The average molecular weight is 261 g/mol. The van der Waals surface area contributed by atoms with E-state index in [-0.39, 0.29) is 5.75 Å². The fourth-order valence-corrected chi connectivity index (χ4v) is 2.32. The van der Waals surface area contributed by atoms with E-state index in [0.29, 0.717) is 5.16 Å². The van der Waals surface area contributed by atoms with Crippen molar-refractivity contribution in [3.8, 4) is 0 Å². The molecule has 0 aromatic carbocycles. The summed E-state index contributed by atoms with van der Waals surface area (Å²) in [5.74, 6) is 0.352. The van der Waals surface area contributed by atoms with Gasteiger partial charge in [-0.05, 0) is 24.9 Å². The van der Waals surface area contributed by atoms with Crippen molar-refractivity contribution in [3.63, 3.8) is 0 Å². The lowest BCUT2D eigenvalue weighted by Gasteiger charge is -2.04. The van der Waals surface area contributed by atoms with Crippen molar-refractivity contribution in [2.45, 2.75) is 24.5 Å². The molecule has 1 heterocycles. The molecule has 0 aliphatic heterocycles. The molecule has 0 fully saturated rings. The number of unbranched alkanes of at least 4 members (excludes halogenated alkanes) is 1. The molecule has 90 valence electrons. The zero-order valence-corrected chi connectivity index (χ0v) is 10.8. The number of carbonyl (C=O) groups is 1. The third-order valence-electron chi connectivity index (χ3n) is 1.90. The number of rotatable bonds is 8. The van der Waals surface area contributed by atoms with Crippen LogP contribution in [0.1, 0.15) is 12.8 Å². The quantitative estimate of drug-likeness (QED) is 0.566. The van der Waals surface area contributed by atoms with E-state index in [1.807, 2.05) is 16.3 Å². The molecule has 0 spiro atoms. The maximum atomic E-state index is 10.4. The Hall–Kier alpha value is -0.690. The largest absolute Gasteiger partial charge is 0.481 e. The summed E-state index contributed by atoms with van der Waals surface area (Å²) in [6.45, 7) is 0.857. The second-order valence-electron chi connectivity index (χ2n) is 3.19. The van der Waals surface area contributed by atoms with E-state index in [0.717, 1.165) is 25.1 Å². The normalized spacial score (nSPS) is 10.6. The molecule has 16 heavy (non-hydrogen) atoms. The lowest BCUT2D eigenvalue weighted by Crippen LogP contribution is -2.03. The summed E-state index contributed by atoms with van der Waals surface area (Å²) in [5.41, 5.74) is 0. The molecular formula is C9H15N3O2S2. The Balaban J connectivity index is 2.35. The van der Waals surface area contributed by atoms with E-state index in [1.54, 1.807) is 6.33 Å². The summed E-state index contributed by atoms with van der Waals surface area (Å²) in [4.78, 5) is 10.4. The van der Waals surface area contributed by atoms with Crippen LogP contribution in [-0.4, -0.2) is 43.6 Å². The predicted molar refractivity (Wildman–Crippen MR) is 66.0 cm³/mol. The number of carboxylic acids is 1. The fourth-order valence-electron chi connectivity index (χ4n) is 1.16. The van der Waals surface area contributed by atoms with Crippen LogP contribution in [0.4, 0.5) is 0 Å². The van der Waals surface area contributed by atoms with E-state index >= 15 is 0 Å². The molecule has 0 atom stereocenters. The van der Waals surface area contributed by atoms with Crippen molar-refractivity contribution in [1.29, 1.82) is 0 Å². The number of aliphatic carboxylic acids is 1. The van der Waals surface area contributed by atoms with Crippen LogP contribution in [0.5, 0.6) is 0 Å². The van der Waals surface area contributed by atoms with E-state index in [9.17, 15) is 4.79 Å². The summed E-state index contributed by atoms with van der Waals surface area (Å²) >= 11 is 3.04. The first-order valence-corrected chi connectivity index (χ1v) is 7.33. The highest BCUT2D eigenvalue weighted by Gasteiger charge is 2.06. The molecule has 1 aromatic heterocycles. The third kappa shape index (κ3) is 4.89. The van der Waals surface area contributed by atoms with Gasteiger partial charge in [0.2, 0.25) is 0 Å². The van der Waals surface area contributed by atoms with Gasteiger partial charge < -0.3 is 9.67 Å². The van der Waals surface area contributed by atoms with Crippen LogP contribution in [0.25, 0.3) is 0 Å². The van der Waals surface area contributed by atoms with Gasteiger partial charge >= 0.3 is 5.97 Å². The molecule has 1 rings (SSSR count). The molecule has 0 aliphatic rings. The van der Waals surface area contributed by atoms with Crippen molar-refractivity contribution in [1.82, 2.24) is 14.8 Å². The van der Waals surface area contributed by atoms with Crippen molar-refractivity contribution in [3.05, 3.63) is 6.33 Å². The molecule has 1 N–H and O–H groups in total. The number of thioether (sulfide) groups is 2. The highest BCUT2D eigenvalue weighted by Crippen LogP contribution is 2.15. The minimum Gasteiger partial charge on any atom is -0.481 e. The smallest absolute Gasteiger partial charge is 0.313 e. The molecule has 7 heteroatoms. The summed E-state index contributed by atoms with van der Waals surface area (Å²) < 4.78 is 1.91. The minimum atomic E-state index is -0.832. The number of aryl methyl sites for hydroxylation is 1. The second kappa shape index (κ2) is 7.56. The zero-order chi connectivity index (χ0) is 11.8. The van der Waals surface area contributed by atoms with Crippen LogP contribution < -0.4 is 0 Å². The standard InChI is InChI=1S/C9H15N3O2S2/c1-15-5-3-2-4-12-7-10-11-9(12)16-6-8(13)14/h7H,2-6H2,1H3,(H,13,14). The lowest BCUT2D eigenvalue weighted by atomic mass is 10.3. The van der Waals surface area contributed by atoms with Gasteiger partial charge in [-0.25, -0.2) is 0 Å². The first kappa shape index (κ1) is 13.4. The van der Waals surface area contributed by atoms with Crippen LogP contribution in [0, 0.1) is 0 Å². The molecule has 0 radical (unpaired) electrons. The van der Waals surface area contributed by atoms with Crippen LogP contribution in [-0.2, 0) is 11.3 Å². The zero-order valence-electron chi connectivity index (χ0n) is 9.13. The summed E-state index contributed by atoms with van der Waals surface area (Å²) in [6.07, 6.45) is 5.97. The van der Waals surface area contributed by atoms with Gasteiger partial charge in [-0.3, -0.25) is 4.79 Å². The molecular weight excluding hydrogens is 246 g/mol. The Kier molecular flexibility index (Phi) is 6.32. The topological polar surface area (TPSA) is 68.0 Å². The Bertz CT molecular complexity index is 330. The second-order valence-corrected chi connectivity index (χ2v) is 5.12. The first-order chi connectivity index (χ1) is 7.74. The van der Waals surface area contributed by atoms with Gasteiger partial charge in [0.25, 0.3) is 0 Å². The summed E-state index contributed by atoms with van der Waals surface area (Å²) in [5, 5.41) is 16.9. The van der Waals surface area contributed by atoms with Gasteiger partial charge in [0.15, 0.2) is 5.16 Å². The maximum Gasteiger partial charge on any atom is 0.313 e. The van der Waals surface area contributed by atoms with Gasteiger partial charge in [-0.15, -0.1) is 10.2 Å². The molecule has 5 nitrogen and oxygen atoms in total. The van der Waals surface area contributed by atoms with Gasteiger partial charge in [-0.1, -0.05) is 11.8 Å². The van der Waals surface area contributed by atoms with Gasteiger partial charge in [-0.2, -0.15) is 11.8 Å². The van der Waals surface area contributed by atoms with Crippen molar-refractivity contribution >= 4 is 29.5 Å². The Morgan fingerprint density at radius 1 is 1.56 bits per heavy atom. The highest BCUT2D eigenvalue weighted by atomic mass is 32.2. The Morgan fingerprint density at radius 2 is 2.38 bits per heavy atom. The molecule has 0 saturated carbocycles. The molecule has 0 aliphatic carbocycles. The van der Waals surface area contributed by atoms with Crippen LogP contribution >= 0.6 is 23.5 Å². The molecule has 0 bridgehead atoms. The average Bonchev–Trinajstić information content (AvgIpc) is 2.69. The van der Waals surface area contributed by atoms with Gasteiger partial charge in [0.1, 0.15) is 6.33 Å². The van der Waals surface area contributed by atoms with E-state index in [1.165, 1.54) is 11.8 Å². The van der Waals surface area contributed by atoms with Gasteiger partial charge in [0.05, 0.1) is 5.75 Å². The van der Waals surface area contributed by atoms with Gasteiger partial charge in [0, 0.05) is 6.54 Å². The maximum absolute atomic E-state index is 10.4. The predicted octanol–water partition coefficient (Wildman–Crippen LogP) is 1.60. The SMILES string of the molecule is CSCCCCn1cnnc1SCC(=O)O. The molecule has 0 amide bonds. The third-order valence-corrected chi connectivity index (χ3v) is 3.56. The Labute approximate surface area is 103 Å². The molecule has 0 unspecified atom stereocenters. The number of aromatic nitrogens is 3. The monoisotopic (exact) mass is 261 g/mol. The minimum absolute atomic E-state index is 0.0313. The lowest BCUT2D eigenvalue weighted by molar-refractivity contribution is -0.133. The van der Waals surface area contributed by atoms with Crippen LogP contribution in [0.3, 0.4) is 0 Å². The summed E-state index contributed by atoms with van der Waals surface area (Å²) in [7, 11) is 0. The van der Waals surface area contributed by atoms with Crippen molar-refractivity contribution < 1.29 is 9.90 Å². The van der Waals surface area contributed by atoms with Crippen LogP contribution in [0.15, 0.2) is 11.5 Å². The molecule has 0 saturated heterocycles. The van der Waals surface area contributed by atoms with E-state index in [2.05, 4.69) is 16.5 Å². The summed E-state index contributed by atoms with van der Waals surface area (Å²) in [6, 6.07) is 0. The van der Waals surface area contributed by atoms with E-state index < -0.39 is 5.97 Å². The van der Waals surface area contributed by atoms with Crippen LogP contribution in [0.2, 0.25) is 0 Å². The Morgan fingerprint density at radius 3 is 3.06 bits per heavy atom. The highest BCUT2D eigenvalue weighted by molar-refractivity contribution is 7.99. The molecule has 1 aromatic rings. The number of hydrogen-bond acceptors (Lipinski definition) is 5. The first-order valence-electron chi connectivity index (χ1n) is 4.95. The number of hydrogen-bond donors (Lipinski definition) is 1. The fraction of sp³-hybridized carbons (Fsp3) is 0.667. The number of carboxylic acid groups (broad SMARTS) is 1. The van der Waals surface area contributed by atoms with E-state index in [4.69, 9.17) is 5.11 Å².